The van der Waals surface area contributed by atoms with E-state index in [9.17, 15) is 9.59 Å². The van der Waals surface area contributed by atoms with Gasteiger partial charge in [-0.2, -0.15) is 5.10 Å². The van der Waals surface area contributed by atoms with Gasteiger partial charge in [-0.25, -0.2) is 0 Å². The summed E-state index contributed by atoms with van der Waals surface area (Å²) in [5.74, 6) is -0.638. The average molecular weight is 323 g/mol. The zero-order chi connectivity index (χ0) is 17.1. The minimum atomic E-state index is -0.906. The minimum absolute atomic E-state index is 0.0647. The van der Waals surface area contributed by atoms with Crippen molar-refractivity contribution >= 4 is 11.9 Å². The van der Waals surface area contributed by atoms with Crippen molar-refractivity contribution in [2.45, 2.75) is 52.3 Å². The maximum Gasteiger partial charge on any atom is 0.305 e. The van der Waals surface area contributed by atoms with Crippen LogP contribution in [0.15, 0.2) is 6.20 Å². The molecule has 1 saturated heterocycles. The normalized spacial score (nSPS) is 21.2. The molecule has 23 heavy (non-hydrogen) atoms. The van der Waals surface area contributed by atoms with Gasteiger partial charge >= 0.3 is 5.97 Å². The number of aromatic nitrogens is 2. The van der Waals surface area contributed by atoms with Crippen LogP contribution in [0, 0.1) is 12.8 Å². The fourth-order valence-corrected chi connectivity index (χ4v) is 3.03. The molecule has 7 nitrogen and oxygen atoms in total. The molecule has 1 fully saturated rings. The first-order chi connectivity index (χ1) is 10.8. The van der Waals surface area contributed by atoms with Crippen LogP contribution in [0.3, 0.4) is 0 Å². The fraction of sp³-hybridized carbons (Fsp3) is 0.688. The summed E-state index contributed by atoms with van der Waals surface area (Å²) in [5, 5.41) is 13.4. The standard InChI is InChI=1S/C16H25N3O4/c1-10(2)8-19-11(3)14(7-17-19)16(22)18-9-13(23-4)5-12(18)6-15(20)21/h7,10,12-13H,5-6,8-9H2,1-4H3,(H,20,21). The number of carboxylic acids is 1. The van der Waals surface area contributed by atoms with Gasteiger partial charge in [0.25, 0.3) is 5.91 Å². The Labute approximate surface area is 136 Å². The Bertz CT molecular complexity index is 582. The fourth-order valence-electron chi connectivity index (χ4n) is 3.03. The van der Waals surface area contributed by atoms with Gasteiger partial charge in [0.1, 0.15) is 0 Å². The summed E-state index contributed by atoms with van der Waals surface area (Å²) in [5.41, 5.74) is 1.36. The molecule has 1 amide bonds. The maximum absolute atomic E-state index is 12.8. The summed E-state index contributed by atoms with van der Waals surface area (Å²) in [6.07, 6.45) is 1.95. The first-order valence-corrected chi connectivity index (χ1v) is 7.91. The molecule has 1 aromatic heterocycles. The second-order valence-electron chi connectivity index (χ2n) is 6.52. The summed E-state index contributed by atoms with van der Waals surface area (Å²) < 4.78 is 7.15. The van der Waals surface area contributed by atoms with Crippen LogP contribution in [0.5, 0.6) is 0 Å². The van der Waals surface area contributed by atoms with Crippen molar-refractivity contribution in [1.82, 2.24) is 14.7 Å². The number of carboxylic acid groups (broad SMARTS) is 1. The molecule has 2 rings (SSSR count). The predicted octanol–water partition coefficient (Wildman–Crippen LogP) is 1.55. The summed E-state index contributed by atoms with van der Waals surface area (Å²) in [4.78, 5) is 25.5. The first kappa shape index (κ1) is 17.5. The monoisotopic (exact) mass is 323 g/mol. The highest BCUT2D eigenvalue weighted by atomic mass is 16.5. The quantitative estimate of drug-likeness (QED) is 0.858. The van der Waals surface area contributed by atoms with Gasteiger partial charge in [-0.15, -0.1) is 0 Å². The SMILES string of the molecule is COC1CC(CC(=O)O)N(C(=O)c2cnn(CC(C)C)c2C)C1. The van der Waals surface area contributed by atoms with Crippen LogP contribution in [0.2, 0.25) is 0 Å². The molecule has 0 bridgehead atoms. The molecule has 0 aromatic carbocycles. The van der Waals surface area contributed by atoms with E-state index in [0.717, 1.165) is 12.2 Å². The molecule has 2 unspecified atom stereocenters. The molecule has 128 valence electrons. The third-order valence-electron chi connectivity index (χ3n) is 4.25. The van der Waals surface area contributed by atoms with Crippen molar-refractivity contribution in [1.29, 1.82) is 0 Å². The molecule has 1 aliphatic heterocycles. The van der Waals surface area contributed by atoms with E-state index in [1.807, 2.05) is 11.6 Å². The number of likely N-dealkylation sites (tertiary alicyclic amines) is 1. The van der Waals surface area contributed by atoms with E-state index in [2.05, 4.69) is 18.9 Å². The Morgan fingerprint density at radius 2 is 2.17 bits per heavy atom. The Morgan fingerprint density at radius 1 is 1.48 bits per heavy atom. The van der Waals surface area contributed by atoms with Crippen molar-refractivity contribution in [2.75, 3.05) is 13.7 Å². The van der Waals surface area contributed by atoms with Gasteiger partial charge in [-0.05, 0) is 19.3 Å². The number of carbonyl (C=O) groups excluding carboxylic acids is 1. The Kier molecular flexibility index (Phi) is 5.41. The summed E-state index contributed by atoms with van der Waals surface area (Å²) in [7, 11) is 1.59. The van der Waals surface area contributed by atoms with Crippen LogP contribution in [0.4, 0.5) is 0 Å². The minimum Gasteiger partial charge on any atom is -0.481 e. The topological polar surface area (TPSA) is 84.7 Å². The molecular formula is C16H25N3O4. The van der Waals surface area contributed by atoms with Crippen LogP contribution < -0.4 is 0 Å². The number of nitrogens with zero attached hydrogens (tertiary/aromatic N) is 3. The zero-order valence-electron chi connectivity index (χ0n) is 14.2. The number of rotatable bonds is 6. The first-order valence-electron chi connectivity index (χ1n) is 7.91. The third-order valence-corrected chi connectivity index (χ3v) is 4.25. The van der Waals surface area contributed by atoms with Gasteiger partial charge in [0.05, 0.1) is 24.3 Å². The van der Waals surface area contributed by atoms with Crippen molar-refractivity contribution in [3.8, 4) is 0 Å². The Hall–Kier alpha value is -1.89. The van der Waals surface area contributed by atoms with Gasteiger partial charge in [0.15, 0.2) is 0 Å². The van der Waals surface area contributed by atoms with Crippen LogP contribution in [0.1, 0.15) is 42.7 Å². The smallest absolute Gasteiger partial charge is 0.305 e. The molecule has 0 saturated carbocycles. The predicted molar refractivity (Wildman–Crippen MR) is 84.3 cm³/mol. The van der Waals surface area contributed by atoms with E-state index >= 15 is 0 Å². The number of amides is 1. The highest BCUT2D eigenvalue weighted by molar-refractivity contribution is 5.95. The number of ether oxygens (including phenoxy) is 1. The Morgan fingerprint density at radius 3 is 2.74 bits per heavy atom. The molecule has 7 heteroatoms. The summed E-state index contributed by atoms with van der Waals surface area (Å²) in [6.45, 7) is 7.23. The molecular weight excluding hydrogens is 298 g/mol. The molecule has 1 N–H and O–H groups in total. The molecule has 0 radical (unpaired) electrons. The Balaban J connectivity index is 2.20. The second kappa shape index (κ2) is 7.12. The highest BCUT2D eigenvalue weighted by Gasteiger charge is 2.37. The van der Waals surface area contributed by atoms with Gasteiger partial charge in [-0.3, -0.25) is 14.3 Å². The van der Waals surface area contributed by atoms with Crippen LogP contribution in [-0.2, 0) is 16.1 Å². The largest absolute Gasteiger partial charge is 0.481 e. The number of methoxy groups -OCH3 is 1. The molecule has 1 aromatic rings. The van der Waals surface area contributed by atoms with Crippen molar-refractivity contribution in [3.05, 3.63) is 17.5 Å². The average Bonchev–Trinajstić information content (AvgIpc) is 3.02. The second-order valence-corrected chi connectivity index (χ2v) is 6.52. The van der Waals surface area contributed by atoms with Gasteiger partial charge in [0.2, 0.25) is 0 Å². The molecule has 2 atom stereocenters. The molecule has 0 aliphatic carbocycles. The number of hydrogen-bond acceptors (Lipinski definition) is 4. The van der Waals surface area contributed by atoms with Gasteiger partial charge < -0.3 is 14.7 Å². The van der Waals surface area contributed by atoms with Crippen molar-refractivity contribution in [3.63, 3.8) is 0 Å². The van der Waals surface area contributed by atoms with E-state index in [4.69, 9.17) is 9.84 Å². The number of aliphatic carboxylic acids is 1. The lowest BCUT2D eigenvalue weighted by molar-refractivity contribution is -0.137. The van der Waals surface area contributed by atoms with E-state index in [1.165, 1.54) is 0 Å². The molecule has 1 aliphatic rings. The van der Waals surface area contributed by atoms with Crippen LogP contribution in [-0.4, -0.2) is 57.5 Å². The van der Waals surface area contributed by atoms with Gasteiger partial charge in [-0.1, -0.05) is 13.8 Å². The summed E-state index contributed by atoms with van der Waals surface area (Å²) in [6, 6.07) is -0.335. The third kappa shape index (κ3) is 3.90. The lowest BCUT2D eigenvalue weighted by atomic mass is 10.1. The lowest BCUT2D eigenvalue weighted by Crippen LogP contribution is -2.37. The molecule has 0 spiro atoms. The van der Waals surface area contributed by atoms with E-state index < -0.39 is 5.97 Å². The zero-order valence-corrected chi connectivity index (χ0v) is 14.2. The van der Waals surface area contributed by atoms with Gasteiger partial charge in [0, 0.05) is 31.9 Å². The van der Waals surface area contributed by atoms with E-state index in [1.54, 1.807) is 18.2 Å². The maximum atomic E-state index is 12.8. The van der Waals surface area contributed by atoms with E-state index in [-0.39, 0.29) is 24.5 Å². The lowest BCUT2D eigenvalue weighted by Gasteiger charge is -2.23. The van der Waals surface area contributed by atoms with E-state index in [0.29, 0.717) is 24.4 Å². The van der Waals surface area contributed by atoms with Crippen LogP contribution >= 0.6 is 0 Å². The highest BCUT2D eigenvalue weighted by Crippen LogP contribution is 2.25. The number of carbonyl (C=O) groups is 2. The molecule has 2 heterocycles. The van der Waals surface area contributed by atoms with Crippen LogP contribution in [0.25, 0.3) is 0 Å². The van der Waals surface area contributed by atoms with Crippen molar-refractivity contribution in [2.24, 2.45) is 5.92 Å². The number of hydrogen-bond donors (Lipinski definition) is 1. The summed E-state index contributed by atoms with van der Waals surface area (Å²) >= 11 is 0. The van der Waals surface area contributed by atoms with Crippen molar-refractivity contribution < 1.29 is 19.4 Å².